The van der Waals surface area contributed by atoms with Gasteiger partial charge in [-0.05, 0) is 32.6 Å². The first-order valence-electron chi connectivity index (χ1n) is 11.2. The minimum Gasteiger partial charge on any atom is -0.497 e. The molecule has 1 aliphatic heterocycles. The number of rotatable bonds is 7. The molecule has 1 saturated heterocycles. The molecule has 0 radical (unpaired) electrons. The third kappa shape index (κ3) is 3.92. The summed E-state index contributed by atoms with van der Waals surface area (Å²) in [6, 6.07) is 6.87. The summed E-state index contributed by atoms with van der Waals surface area (Å²) in [6.45, 7) is 4.82. The topological polar surface area (TPSA) is 67.4 Å². The van der Waals surface area contributed by atoms with Crippen molar-refractivity contribution in [2.24, 2.45) is 10.4 Å². The molecule has 7 nitrogen and oxygen atoms in total. The third-order valence-electron chi connectivity index (χ3n) is 7.20. The Morgan fingerprint density at radius 3 is 2.47 bits per heavy atom. The van der Waals surface area contributed by atoms with Crippen LogP contribution in [0.25, 0.3) is 0 Å². The average molecular weight is 417 g/mol. The minimum atomic E-state index is 0.326. The fourth-order valence-corrected chi connectivity index (χ4v) is 5.26. The summed E-state index contributed by atoms with van der Waals surface area (Å²) >= 11 is 0. The lowest BCUT2D eigenvalue weighted by Gasteiger charge is -2.61. The van der Waals surface area contributed by atoms with E-state index in [4.69, 9.17) is 14.2 Å². The molecule has 0 bridgehead atoms. The molecule has 3 aliphatic rings. The average Bonchev–Trinajstić information content (AvgIpc) is 3.19. The standard InChI is InChI=1S/C23H36N4O3/c1-5-30-21-14-20(23(21)8-6-9-23)26-22(24-2)25-16-7-10-27(15-16)17-11-18(28-3)13-19(12-17)29-4/h11-13,16,20-21H,5-10,14-15H2,1-4H3,(H2,24,25,26). The molecule has 1 aromatic carbocycles. The fourth-order valence-electron chi connectivity index (χ4n) is 5.26. The number of benzene rings is 1. The van der Waals surface area contributed by atoms with Crippen LogP contribution in [0.3, 0.4) is 0 Å². The van der Waals surface area contributed by atoms with E-state index < -0.39 is 0 Å². The summed E-state index contributed by atoms with van der Waals surface area (Å²) in [4.78, 5) is 6.89. The van der Waals surface area contributed by atoms with Crippen LogP contribution in [0.2, 0.25) is 0 Å². The summed E-state index contributed by atoms with van der Waals surface area (Å²) in [5.41, 5.74) is 1.46. The molecule has 7 heteroatoms. The van der Waals surface area contributed by atoms with Crippen molar-refractivity contribution < 1.29 is 14.2 Å². The summed E-state index contributed by atoms with van der Waals surface area (Å²) in [6.07, 6.45) is 6.40. The van der Waals surface area contributed by atoms with Gasteiger partial charge in [-0.3, -0.25) is 4.99 Å². The second-order valence-electron chi connectivity index (χ2n) is 8.68. The highest BCUT2D eigenvalue weighted by Crippen LogP contribution is 2.57. The molecule has 1 aromatic rings. The van der Waals surface area contributed by atoms with Crippen LogP contribution in [-0.4, -0.2) is 65.1 Å². The Bertz CT molecular complexity index is 743. The van der Waals surface area contributed by atoms with Gasteiger partial charge in [0.2, 0.25) is 0 Å². The van der Waals surface area contributed by atoms with E-state index in [1.165, 1.54) is 19.3 Å². The summed E-state index contributed by atoms with van der Waals surface area (Å²) in [7, 11) is 5.24. The smallest absolute Gasteiger partial charge is 0.191 e. The first kappa shape index (κ1) is 21.1. The maximum absolute atomic E-state index is 5.99. The molecule has 3 atom stereocenters. The number of methoxy groups -OCH3 is 2. The van der Waals surface area contributed by atoms with Crippen molar-refractivity contribution in [3.63, 3.8) is 0 Å². The Morgan fingerprint density at radius 2 is 1.90 bits per heavy atom. The molecule has 2 aliphatic carbocycles. The number of hydrogen-bond donors (Lipinski definition) is 2. The van der Waals surface area contributed by atoms with Crippen molar-refractivity contribution in [2.75, 3.05) is 45.9 Å². The molecule has 0 amide bonds. The second-order valence-corrected chi connectivity index (χ2v) is 8.68. The number of ether oxygens (including phenoxy) is 3. The summed E-state index contributed by atoms with van der Waals surface area (Å²) < 4.78 is 16.8. The van der Waals surface area contributed by atoms with Crippen molar-refractivity contribution in [3.05, 3.63) is 18.2 Å². The van der Waals surface area contributed by atoms with E-state index in [0.717, 1.165) is 55.7 Å². The number of aliphatic imine (C=N–C) groups is 1. The van der Waals surface area contributed by atoms with Gasteiger partial charge in [0.15, 0.2) is 5.96 Å². The van der Waals surface area contributed by atoms with Gasteiger partial charge in [0.25, 0.3) is 0 Å². The van der Waals surface area contributed by atoms with E-state index in [1.807, 2.05) is 13.1 Å². The van der Waals surface area contributed by atoms with Gasteiger partial charge >= 0.3 is 0 Å². The third-order valence-corrected chi connectivity index (χ3v) is 7.20. The van der Waals surface area contributed by atoms with E-state index in [1.54, 1.807) is 14.2 Å². The van der Waals surface area contributed by atoms with Crippen LogP contribution in [0, 0.1) is 5.41 Å². The van der Waals surface area contributed by atoms with Crippen LogP contribution in [0.1, 0.15) is 39.0 Å². The van der Waals surface area contributed by atoms with E-state index in [0.29, 0.717) is 23.6 Å². The van der Waals surface area contributed by atoms with E-state index in [9.17, 15) is 0 Å². The molecule has 30 heavy (non-hydrogen) atoms. The van der Waals surface area contributed by atoms with Crippen molar-refractivity contribution in [1.29, 1.82) is 0 Å². The minimum absolute atomic E-state index is 0.326. The van der Waals surface area contributed by atoms with Gasteiger partial charge in [-0.2, -0.15) is 0 Å². The maximum Gasteiger partial charge on any atom is 0.191 e. The Hall–Kier alpha value is -2.15. The number of hydrogen-bond acceptors (Lipinski definition) is 5. The first-order chi connectivity index (χ1) is 14.6. The van der Waals surface area contributed by atoms with Gasteiger partial charge in [0.1, 0.15) is 11.5 Å². The first-order valence-corrected chi connectivity index (χ1v) is 11.2. The van der Waals surface area contributed by atoms with Crippen molar-refractivity contribution in [2.45, 2.75) is 57.2 Å². The molecule has 1 spiro atoms. The van der Waals surface area contributed by atoms with Crippen molar-refractivity contribution in [1.82, 2.24) is 10.6 Å². The summed E-state index contributed by atoms with van der Waals surface area (Å²) in [5.74, 6) is 2.55. The molecule has 2 saturated carbocycles. The maximum atomic E-state index is 5.99. The Morgan fingerprint density at radius 1 is 1.17 bits per heavy atom. The zero-order valence-electron chi connectivity index (χ0n) is 18.7. The van der Waals surface area contributed by atoms with Crippen LogP contribution in [0.4, 0.5) is 5.69 Å². The highest BCUT2D eigenvalue weighted by molar-refractivity contribution is 5.80. The molecule has 0 aromatic heterocycles. The lowest BCUT2D eigenvalue weighted by atomic mass is 9.51. The van der Waals surface area contributed by atoms with Gasteiger partial charge in [-0.25, -0.2) is 0 Å². The van der Waals surface area contributed by atoms with Gasteiger partial charge in [0.05, 0.1) is 20.3 Å². The molecule has 2 N–H and O–H groups in total. The molecule has 3 unspecified atom stereocenters. The predicted octanol–water partition coefficient (Wildman–Crippen LogP) is 2.80. The Balaban J connectivity index is 1.34. The molecular weight excluding hydrogens is 380 g/mol. The van der Waals surface area contributed by atoms with Crippen molar-refractivity contribution >= 4 is 11.6 Å². The van der Waals surface area contributed by atoms with Crippen molar-refractivity contribution in [3.8, 4) is 11.5 Å². The Labute approximate surface area is 180 Å². The van der Waals surface area contributed by atoms with Crippen LogP contribution in [0.15, 0.2) is 23.2 Å². The predicted molar refractivity (Wildman–Crippen MR) is 120 cm³/mol. The van der Waals surface area contributed by atoms with Gasteiger partial charge in [0, 0.05) is 68.1 Å². The van der Waals surface area contributed by atoms with Gasteiger partial charge in [-0.1, -0.05) is 6.42 Å². The number of anilines is 1. The lowest BCUT2D eigenvalue weighted by molar-refractivity contribution is -0.168. The Kier molecular flexibility index (Phi) is 6.27. The second kappa shape index (κ2) is 8.92. The van der Waals surface area contributed by atoms with E-state index in [-0.39, 0.29) is 0 Å². The largest absolute Gasteiger partial charge is 0.497 e. The lowest BCUT2D eigenvalue weighted by Crippen LogP contribution is -2.69. The zero-order chi connectivity index (χ0) is 21.1. The van der Waals surface area contributed by atoms with E-state index in [2.05, 4.69) is 39.6 Å². The molecule has 1 heterocycles. The van der Waals surface area contributed by atoms with Gasteiger partial charge in [-0.15, -0.1) is 0 Å². The van der Waals surface area contributed by atoms with Crippen LogP contribution in [0.5, 0.6) is 11.5 Å². The van der Waals surface area contributed by atoms with Crippen LogP contribution < -0.4 is 25.0 Å². The summed E-state index contributed by atoms with van der Waals surface area (Å²) in [5, 5.41) is 7.35. The van der Waals surface area contributed by atoms with Crippen LogP contribution in [-0.2, 0) is 4.74 Å². The highest BCUT2D eigenvalue weighted by Gasteiger charge is 2.59. The SMILES string of the molecule is CCOC1CC(NC(=NC)NC2CCN(c3cc(OC)cc(OC)c3)C2)C12CCC2. The molecule has 3 fully saturated rings. The van der Waals surface area contributed by atoms with E-state index >= 15 is 0 Å². The molecular formula is C23H36N4O3. The zero-order valence-corrected chi connectivity index (χ0v) is 18.7. The number of guanidine groups is 1. The molecule has 4 rings (SSSR count). The monoisotopic (exact) mass is 416 g/mol. The van der Waals surface area contributed by atoms with Crippen LogP contribution >= 0.6 is 0 Å². The van der Waals surface area contributed by atoms with Gasteiger partial charge < -0.3 is 29.7 Å². The number of nitrogens with one attached hydrogen (secondary N) is 2. The normalized spacial score (nSPS) is 27.4. The molecule has 166 valence electrons. The quantitative estimate of drug-likeness (QED) is 0.526. The highest BCUT2D eigenvalue weighted by atomic mass is 16.5. The fraction of sp³-hybridized carbons (Fsp3) is 0.696. The number of nitrogens with zero attached hydrogens (tertiary/aromatic N) is 2.